The first-order valence-electron chi connectivity index (χ1n) is 6.62. The molecule has 0 saturated heterocycles. The summed E-state index contributed by atoms with van der Waals surface area (Å²) in [5.74, 6) is 0. The predicted octanol–water partition coefficient (Wildman–Crippen LogP) is 2.18. The van der Waals surface area contributed by atoms with Gasteiger partial charge in [-0.25, -0.2) is 0 Å². The van der Waals surface area contributed by atoms with Gasteiger partial charge in [-0.05, 0) is 25.7 Å². The summed E-state index contributed by atoms with van der Waals surface area (Å²) in [5, 5.41) is 17.2. The van der Waals surface area contributed by atoms with Crippen molar-refractivity contribution in [2.24, 2.45) is 12.5 Å². The molecular formula is C14H27N3O. The molecule has 1 rings (SSSR count). The van der Waals surface area contributed by atoms with E-state index in [1.165, 1.54) is 5.56 Å². The van der Waals surface area contributed by atoms with Gasteiger partial charge in [0.2, 0.25) is 0 Å². The molecule has 2 N–H and O–H groups in total. The van der Waals surface area contributed by atoms with E-state index in [0.717, 1.165) is 12.1 Å². The third kappa shape index (κ3) is 3.82. The Morgan fingerprint density at radius 2 is 2.06 bits per heavy atom. The van der Waals surface area contributed by atoms with Gasteiger partial charge in [-0.2, -0.15) is 5.10 Å². The monoisotopic (exact) mass is 253 g/mol. The van der Waals surface area contributed by atoms with Gasteiger partial charge in [0.05, 0.1) is 5.69 Å². The molecule has 0 bridgehead atoms. The highest BCUT2D eigenvalue weighted by Crippen LogP contribution is 2.25. The number of nitrogens with one attached hydrogen (secondary N) is 1. The number of aliphatic hydroxyl groups excluding tert-OH is 1. The molecule has 2 unspecified atom stereocenters. The summed E-state index contributed by atoms with van der Waals surface area (Å²) in [6.45, 7) is 11.0. The van der Waals surface area contributed by atoms with Crippen molar-refractivity contribution in [1.82, 2.24) is 15.1 Å². The van der Waals surface area contributed by atoms with Gasteiger partial charge in [0.15, 0.2) is 0 Å². The fraction of sp³-hybridized carbons (Fsp3) is 0.786. The van der Waals surface area contributed by atoms with Crippen LogP contribution in [0.3, 0.4) is 0 Å². The molecule has 4 nitrogen and oxygen atoms in total. The summed E-state index contributed by atoms with van der Waals surface area (Å²) >= 11 is 0. The molecule has 18 heavy (non-hydrogen) atoms. The molecule has 1 aromatic rings. The van der Waals surface area contributed by atoms with Crippen molar-refractivity contribution in [3.05, 3.63) is 17.5 Å². The second-order valence-corrected chi connectivity index (χ2v) is 6.16. The number of aromatic nitrogens is 2. The Bertz CT molecular complexity index is 379. The van der Waals surface area contributed by atoms with Crippen LogP contribution in [0.5, 0.6) is 0 Å². The lowest BCUT2D eigenvalue weighted by Crippen LogP contribution is -2.42. The van der Waals surface area contributed by atoms with E-state index in [4.69, 9.17) is 0 Å². The molecule has 0 radical (unpaired) electrons. The third-order valence-corrected chi connectivity index (χ3v) is 3.43. The highest BCUT2D eigenvalue weighted by molar-refractivity contribution is 5.19. The van der Waals surface area contributed by atoms with E-state index < -0.39 is 0 Å². The second-order valence-electron chi connectivity index (χ2n) is 6.16. The summed E-state index contributed by atoms with van der Waals surface area (Å²) in [6.07, 6.45) is 2.83. The van der Waals surface area contributed by atoms with Gasteiger partial charge in [-0.1, -0.05) is 20.8 Å². The van der Waals surface area contributed by atoms with Gasteiger partial charge in [-0.15, -0.1) is 0 Å². The number of hydrogen-bond acceptors (Lipinski definition) is 3. The van der Waals surface area contributed by atoms with Crippen molar-refractivity contribution in [2.45, 2.75) is 53.1 Å². The Kier molecular flexibility index (Phi) is 4.93. The normalized spacial score (nSPS) is 15.7. The lowest BCUT2D eigenvalue weighted by Gasteiger charge is -2.33. The third-order valence-electron chi connectivity index (χ3n) is 3.43. The van der Waals surface area contributed by atoms with Gasteiger partial charge >= 0.3 is 0 Å². The second kappa shape index (κ2) is 5.85. The van der Waals surface area contributed by atoms with E-state index in [2.05, 4.69) is 44.3 Å². The summed E-state index contributed by atoms with van der Waals surface area (Å²) in [6, 6.07) is 0.534. The molecule has 1 aromatic heterocycles. The smallest absolute Gasteiger partial charge is 0.0641 e. The molecule has 0 aromatic carbocycles. The molecule has 1 heterocycles. The average molecular weight is 253 g/mol. The number of nitrogens with zero attached hydrogens (tertiary/aromatic N) is 2. The molecule has 104 valence electrons. The van der Waals surface area contributed by atoms with Gasteiger partial charge in [-0.3, -0.25) is 4.68 Å². The van der Waals surface area contributed by atoms with Gasteiger partial charge in [0.1, 0.15) is 0 Å². The largest absolute Gasteiger partial charge is 0.396 e. The molecule has 2 atom stereocenters. The Morgan fingerprint density at radius 3 is 2.44 bits per heavy atom. The van der Waals surface area contributed by atoms with Crippen LogP contribution >= 0.6 is 0 Å². The molecule has 0 saturated carbocycles. The molecule has 0 fully saturated rings. The van der Waals surface area contributed by atoms with Crippen LogP contribution in [-0.2, 0) is 7.05 Å². The van der Waals surface area contributed by atoms with Crippen LogP contribution in [0.15, 0.2) is 6.20 Å². The highest BCUT2D eigenvalue weighted by atomic mass is 16.3. The average Bonchev–Trinajstić information content (AvgIpc) is 2.55. The Hall–Kier alpha value is -0.870. The maximum atomic E-state index is 9.19. The zero-order chi connectivity index (χ0) is 13.9. The minimum Gasteiger partial charge on any atom is -0.396 e. The topological polar surface area (TPSA) is 50.1 Å². The van der Waals surface area contributed by atoms with Crippen LogP contribution in [-0.4, -0.2) is 27.5 Å². The lowest BCUT2D eigenvalue weighted by molar-refractivity contribution is 0.188. The van der Waals surface area contributed by atoms with Gasteiger partial charge in [0.25, 0.3) is 0 Å². The van der Waals surface area contributed by atoms with Crippen molar-refractivity contribution in [3.63, 3.8) is 0 Å². The van der Waals surface area contributed by atoms with Crippen molar-refractivity contribution < 1.29 is 5.11 Å². The van der Waals surface area contributed by atoms with Crippen molar-refractivity contribution >= 4 is 0 Å². The number of aryl methyl sites for hydroxylation is 2. The highest BCUT2D eigenvalue weighted by Gasteiger charge is 2.26. The van der Waals surface area contributed by atoms with Crippen LogP contribution in [0.4, 0.5) is 0 Å². The van der Waals surface area contributed by atoms with E-state index in [9.17, 15) is 5.11 Å². The maximum Gasteiger partial charge on any atom is 0.0641 e. The summed E-state index contributed by atoms with van der Waals surface area (Å²) < 4.78 is 1.85. The SMILES string of the molecule is Cc1nn(C)cc1C(C)NC(CCO)C(C)(C)C. The summed E-state index contributed by atoms with van der Waals surface area (Å²) in [7, 11) is 1.94. The lowest BCUT2D eigenvalue weighted by atomic mass is 9.84. The first-order chi connectivity index (χ1) is 8.25. The van der Waals surface area contributed by atoms with Crippen molar-refractivity contribution in [2.75, 3.05) is 6.61 Å². The zero-order valence-corrected chi connectivity index (χ0v) is 12.5. The summed E-state index contributed by atoms with van der Waals surface area (Å²) in [4.78, 5) is 0. The van der Waals surface area contributed by atoms with Gasteiger partial charge < -0.3 is 10.4 Å². The molecule has 0 aliphatic carbocycles. The molecule has 0 aliphatic rings. The minimum absolute atomic E-state index is 0.132. The maximum absolute atomic E-state index is 9.19. The zero-order valence-electron chi connectivity index (χ0n) is 12.5. The molecular weight excluding hydrogens is 226 g/mol. The van der Waals surface area contributed by atoms with E-state index in [0.29, 0.717) is 0 Å². The van der Waals surface area contributed by atoms with Crippen LogP contribution in [0.2, 0.25) is 0 Å². The predicted molar refractivity (Wildman–Crippen MR) is 74.4 cm³/mol. The Labute approximate surface area is 110 Å². The van der Waals surface area contributed by atoms with Crippen LogP contribution in [0.25, 0.3) is 0 Å². The first-order valence-corrected chi connectivity index (χ1v) is 6.62. The van der Waals surface area contributed by atoms with Crippen LogP contribution in [0.1, 0.15) is 51.4 Å². The minimum atomic E-state index is 0.132. The molecule has 0 amide bonds. The van der Waals surface area contributed by atoms with E-state index >= 15 is 0 Å². The van der Waals surface area contributed by atoms with E-state index in [-0.39, 0.29) is 24.1 Å². The van der Waals surface area contributed by atoms with Crippen LogP contribution < -0.4 is 5.32 Å². The Balaban J connectivity index is 2.78. The van der Waals surface area contributed by atoms with E-state index in [1.54, 1.807) is 0 Å². The Morgan fingerprint density at radius 1 is 1.44 bits per heavy atom. The fourth-order valence-corrected chi connectivity index (χ4v) is 2.33. The first kappa shape index (κ1) is 15.2. The number of rotatable bonds is 5. The number of aliphatic hydroxyl groups is 1. The standard InChI is InChI=1S/C14H27N3O/c1-10(12-9-17(6)16-11(12)2)15-13(7-8-18)14(3,4)5/h9-10,13,15,18H,7-8H2,1-6H3. The number of hydrogen-bond donors (Lipinski definition) is 2. The summed E-state index contributed by atoms with van der Waals surface area (Å²) in [5.41, 5.74) is 2.42. The quantitative estimate of drug-likeness (QED) is 0.845. The molecule has 4 heteroatoms. The van der Waals surface area contributed by atoms with Gasteiger partial charge in [0, 0.05) is 37.5 Å². The van der Waals surface area contributed by atoms with Crippen molar-refractivity contribution in [3.8, 4) is 0 Å². The molecule has 0 aliphatic heterocycles. The van der Waals surface area contributed by atoms with E-state index in [1.807, 2.05) is 18.7 Å². The van der Waals surface area contributed by atoms with Crippen LogP contribution in [0, 0.1) is 12.3 Å². The van der Waals surface area contributed by atoms with Crippen molar-refractivity contribution in [1.29, 1.82) is 0 Å². The molecule has 0 spiro atoms. The fourth-order valence-electron chi connectivity index (χ4n) is 2.33.